The van der Waals surface area contributed by atoms with Crippen LogP contribution in [0.3, 0.4) is 0 Å². The SMILES string of the molecule is CCCNC(CCOCCOC)c1cc(Br)ccc1F. The number of halogens is 2. The highest BCUT2D eigenvalue weighted by Crippen LogP contribution is 2.24. The van der Waals surface area contributed by atoms with Gasteiger partial charge in [0.1, 0.15) is 5.82 Å². The van der Waals surface area contributed by atoms with Crippen LogP contribution in [0.2, 0.25) is 0 Å². The fourth-order valence-electron chi connectivity index (χ4n) is 1.91. The molecule has 0 aliphatic rings. The molecule has 0 aliphatic heterocycles. The zero-order valence-corrected chi connectivity index (χ0v) is 13.7. The minimum atomic E-state index is -0.182. The molecular weight excluding hydrogens is 325 g/mol. The molecule has 3 nitrogen and oxygen atoms in total. The number of benzene rings is 1. The number of hydrogen-bond donors (Lipinski definition) is 1. The lowest BCUT2D eigenvalue weighted by Gasteiger charge is -2.20. The summed E-state index contributed by atoms with van der Waals surface area (Å²) < 4.78 is 25.2. The van der Waals surface area contributed by atoms with Crippen LogP contribution in [0.4, 0.5) is 4.39 Å². The van der Waals surface area contributed by atoms with E-state index in [4.69, 9.17) is 9.47 Å². The molecule has 0 fully saturated rings. The number of hydrogen-bond acceptors (Lipinski definition) is 3. The van der Waals surface area contributed by atoms with Gasteiger partial charge in [0.25, 0.3) is 0 Å². The van der Waals surface area contributed by atoms with E-state index in [1.807, 2.05) is 6.07 Å². The summed E-state index contributed by atoms with van der Waals surface area (Å²) in [6, 6.07) is 5.00. The Labute approximate surface area is 129 Å². The number of nitrogens with one attached hydrogen (secondary N) is 1. The predicted molar refractivity (Wildman–Crippen MR) is 82.4 cm³/mol. The van der Waals surface area contributed by atoms with Crippen LogP contribution >= 0.6 is 15.9 Å². The third-order valence-electron chi connectivity index (χ3n) is 2.96. The first-order valence-corrected chi connectivity index (χ1v) is 7.73. The van der Waals surface area contributed by atoms with Gasteiger partial charge in [-0.2, -0.15) is 0 Å². The Hall–Kier alpha value is -0.490. The van der Waals surface area contributed by atoms with Crippen molar-refractivity contribution in [1.82, 2.24) is 5.32 Å². The summed E-state index contributed by atoms with van der Waals surface area (Å²) in [7, 11) is 1.64. The summed E-state index contributed by atoms with van der Waals surface area (Å²) in [6.45, 7) is 4.68. The lowest BCUT2D eigenvalue weighted by Crippen LogP contribution is -2.24. The first-order valence-electron chi connectivity index (χ1n) is 6.94. The van der Waals surface area contributed by atoms with E-state index >= 15 is 0 Å². The highest BCUT2D eigenvalue weighted by atomic mass is 79.9. The molecule has 5 heteroatoms. The van der Waals surface area contributed by atoms with Gasteiger partial charge in [0.05, 0.1) is 13.2 Å². The van der Waals surface area contributed by atoms with Crippen molar-refractivity contribution in [3.05, 3.63) is 34.1 Å². The zero-order chi connectivity index (χ0) is 14.8. The summed E-state index contributed by atoms with van der Waals surface area (Å²) in [4.78, 5) is 0. The molecule has 0 saturated heterocycles. The van der Waals surface area contributed by atoms with E-state index in [2.05, 4.69) is 28.2 Å². The van der Waals surface area contributed by atoms with Crippen LogP contribution in [0.5, 0.6) is 0 Å². The molecule has 1 N–H and O–H groups in total. The average molecular weight is 348 g/mol. The second kappa shape index (κ2) is 10.3. The van der Waals surface area contributed by atoms with Gasteiger partial charge in [0.2, 0.25) is 0 Å². The lowest BCUT2D eigenvalue weighted by atomic mass is 10.0. The summed E-state index contributed by atoms with van der Waals surface area (Å²) in [5.41, 5.74) is 0.683. The molecule has 0 bridgehead atoms. The minimum absolute atomic E-state index is 0.0324. The quantitative estimate of drug-likeness (QED) is 0.655. The van der Waals surface area contributed by atoms with E-state index in [-0.39, 0.29) is 11.9 Å². The Kier molecular flexibility index (Phi) is 9.02. The van der Waals surface area contributed by atoms with Crippen molar-refractivity contribution < 1.29 is 13.9 Å². The van der Waals surface area contributed by atoms with Gasteiger partial charge < -0.3 is 14.8 Å². The summed E-state index contributed by atoms with van der Waals surface area (Å²) in [5, 5.41) is 3.37. The second-order valence-corrected chi connectivity index (χ2v) is 5.48. The molecule has 1 atom stereocenters. The number of methoxy groups -OCH3 is 1. The highest BCUT2D eigenvalue weighted by Gasteiger charge is 2.15. The predicted octanol–water partition coefficient (Wildman–Crippen LogP) is 3.68. The highest BCUT2D eigenvalue weighted by molar-refractivity contribution is 9.10. The Balaban J connectivity index is 2.60. The fraction of sp³-hybridized carbons (Fsp3) is 0.600. The normalized spacial score (nSPS) is 12.6. The van der Waals surface area contributed by atoms with Crippen LogP contribution in [-0.4, -0.2) is 33.5 Å². The Morgan fingerprint density at radius 2 is 2.10 bits per heavy atom. The van der Waals surface area contributed by atoms with Gasteiger partial charge in [-0.15, -0.1) is 0 Å². The van der Waals surface area contributed by atoms with Gasteiger partial charge in [-0.25, -0.2) is 4.39 Å². The van der Waals surface area contributed by atoms with Crippen molar-refractivity contribution in [2.24, 2.45) is 0 Å². The molecule has 20 heavy (non-hydrogen) atoms. The van der Waals surface area contributed by atoms with Gasteiger partial charge >= 0.3 is 0 Å². The largest absolute Gasteiger partial charge is 0.382 e. The fourth-order valence-corrected chi connectivity index (χ4v) is 2.29. The van der Waals surface area contributed by atoms with Crippen LogP contribution in [0, 0.1) is 5.82 Å². The molecule has 0 heterocycles. The van der Waals surface area contributed by atoms with Crippen LogP contribution in [0.25, 0.3) is 0 Å². The maximum absolute atomic E-state index is 14.0. The molecule has 0 amide bonds. The second-order valence-electron chi connectivity index (χ2n) is 4.57. The van der Waals surface area contributed by atoms with Crippen LogP contribution in [-0.2, 0) is 9.47 Å². The third-order valence-corrected chi connectivity index (χ3v) is 3.45. The average Bonchev–Trinajstić information content (AvgIpc) is 2.45. The van der Waals surface area contributed by atoms with E-state index in [0.717, 1.165) is 23.9 Å². The van der Waals surface area contributed by atoms with Crippen molar-refractivity contribution in [2.45, 2.75) is 25.8 Å². The van der Waals surface area contributed by atoms with Crippen molar-refractivity contribution in [3.8, 4) is 0 Å². The van der Waals surface area contributed by atoms with Gasteiger partial charge in [-0.1, -0.05) is 22.9 Å². The summed E-state index contributed by atoms with van der Waals surface area (Å²) >= 11 is 3.39. The van der Waals surface area contributed by atoms with Gasteiger partial charge in [0.15, 0.2) is 0 Å². The van der Waals surface area contributed by atoms with E-state index in [9.17, 15) is 4.39 Å². The third kappa shape index (κ3) is 6.31. The van der Waals surface area contributed by atoms with Crippen LogP contribution < -0.4 is 5.32 Å². The molecule has 0 radical (unpaired) electrons. The van der Waals surface area contributed by atoms with E-state index in [1.165, 1.54) is 6.07 Å². The zero-order valence-electron chi connectivity index (χ0n) is 12.1. The van der Waals surface area contributed by atoms with E-state index in [1.54, 1.807) is 13.2 Å². The summed E-state index contributed by atoms with van der Waals surface area (Å²) in [5.74, 6) is -0.182. The molecule has 0 saturated carbocycles. The summed E-state index contributed by atoms with van der Waals surface area (Å²) in [6.07, 6.45) is 1.74. The topological polar surface area (TPSA) is 30.5 Å². The van der Waals surface area contributed by atoms with Crippen LogP contribution in [0.1, 0.15) is 31.4 Å². The molecule has 1 aromatic carbocycles. The van der Waals surface area contributed by atoms with Gasteiger partial charge in [-0.3, -0.25) is 0 Å². The molecule has 1 aromatic rings. The maximum Gasteiger partial charge on any atom is 0.128 e. The van der Waals surface area contributed by atoms with Crippen molar-refractivity contribution >= 4 is 15.9 Å². The Bertz CT molecular complexity index is 390. The van der Waals surface area contributed by atoms with E-state index < -0.39 is 0 Å². The molecule has 0 aliphatic carbocycles. The number of rotatable bonds is 10. The molecule has 114 valence electrons. The monoisotopic (exact) mass is 347 g/mol. The van der Waals surface area contributed by atoms with Crippen molar-refractivity contribution in [1.29, 1.82) is 0 Å². The molecule has 0 aromatic heterocycles. The van der Waals surface area contributed by atoms with Crippen molar-refractivity contribution in [3.63, 3.8) is 0 Å². The smallest absolute Gasteiger partial charge is 0.128 e. The Morgan fingerprint density at radius 3 is 2.80 bits per heavy atom. The van der Waals surface area contributed by atoms with Gasteiger partial charge in [0, 0.05) is 29.8 Å². The van der Waals surface area contributed by atoms with E-state index in [0.29, 0.717) is 25.4 Å². The first kappa shape index (κ1) is 17.6. The maximum atomic E-state index is 14.0. The van der Waals surface area contributed by atoms with Crippen LogP contribution in [0.15, 0.2) is 22.7 Å². The van der Waals surface area contributed by atoms with Gasteiger partial charge in [-0.05, 0) is 37.6 Å². The minimum Gasteiger partial charge on any atom is -0.382 e. The molecule has 0 spiro atoms. The molecule has 1 unspecified atom stereocenters. The standard InChI is InChI=1S/C15H23BrFNO2/c1-3-7-18-15(6-8-20-10-9-19-2)13-11-12(16)4-5-14(13)17/h4-5,11,15,18H,3,6-10H2,1-2H3. The first-order chi connectivity index (χ1) is 9.69. The Morgan fingerprint density at radius 1 is 1.30 bits per heavy atom. The number of ether oxygens (including phenoxy) is 2. The van der Waals surface area contributed by atoms with Crippen molar-refractivity contribution in [2.75, 3.05) is 33.5 Å². The molecular formula is C15H23BrFNO2. The lowest BCUT2D eigenvalue weighted by molar-refractivity contribution is 0.0656. The molecule has 1 rings (SSSR count).